The van der Waals surface area contributed by atoms with Gasteiger partial charge in [-0.15, -0.1) is 0 Å². The molecule has 0 bridgehead atoms. The van der Waals surface area contributed by atoms with Gasteiger partial charge in [0.1, 0.15) is 6.79 Å². The van der Waals surface area contributed by atoms with Gasteiger partial charge in [0.15, 0.2) is 0 Å². The highest BCUT2D eigenvalue weighted by Gasteiger charge is 2.62. The molecule has 5 fully saturated rings. The van der Waals surface area contributed by atoms with Crippen molar-refractivity contribution in [3.05, 3.63) is 0 Å². The van der Waals surface area contributed by atoms with Crippen molar-refractivity contribution >= 4 is 0 Å². The zero-order valence-corrected chi connectivity index (χ0v) is 17.5. The van der Waals surface area contributed by atoms with Crippen LogP contribution in [0.2, 0.25) is 0 Å². The molecule has 5 aliphatic carbocycles. The number of hydrogen-bond acceptors (Lipinski definition) is 3. The molecule has 5 rings (SSSR count). The van der Waals surface area contributed by atoms with Crippen molar-refractivity contribution in [1.82, 2.24) is 0 Å². The van der Waals surface area contributed by atoms with Crippen molar-refractivity contribution in [3.8, 4) is 0 Å². The van der Waals surface area contributed by atoms with Crippen molar-refractivity contribution in [2.45, 2.75) is 96.2 Å². The summed E-state index contributed by atoms with van der Waals surface area (Å²) in [5.74, 6) is 4.57. The highest BCUT2D eigenvalue weighted by Crippen LogP contribution is 2.70. The fraction of sp³-hybridized carbons (Fsp3) is 1.00. The van der Waals surface area contributed by atoms with Gasteiger partial charge in [-0.1, -0.05) is 6.92 Å². The fourth-order valence-corrected chi connectivity index (χ4v) is 9.20. The van der Waals surface area contributed by atoms with Gasteiger partial charge < -0.3 is 14.6 Å². The fourth-order valence-electron chi connectivity index (χ4n) is 9.20. The van der Waals surface area contributed by atoms with Crippen molar-refractivity contribution in [3.63, 3.8) is 0 Å². The summed E-state index contributed by atoms with van der Waals surface area (Å²) in [7, 11) is 1.73. The van der Waals surface area contributed by atoms with Crippen LogP contribution >= 0.6 is 0 Å². The number of fused-ring (bicyclic) bond motifs is 4. The molecule has 1 N–H and O–H groups in total. The van der Waals surface area contributed by atoms with Gasteiger partial charge in [-0.25, -0.2) is 0 Å². The first-order chi connectivity index (χ1) is 13.1. The van der Waals surface area contributed by atoms with Gasteiger partial charge in [-0.3, -0.25) is 0 Å². The Balaban J connectivity index is 1.33. The van der Waals surface area contributed by atoms with Gasteiger partial charge in [0.25, 0.3) is 0 Å². The number of hydrogen-bond donors (Lipinski definition) is 1. The summed E-state index contributed by atoms with van der Waals surface area (Å²) in [6.07, 6.45) is 16.4. The second kappa shape index (κ2) is 6.99. The molecule has 1 unspecified atom stereocenters. The van der Waals surface area contributed by atoms with E-state index in [0.717, 1.165) is 42.4 Å². The van der Waals surface area contributed by atoms with Gasteiger partial charge in [-0.05, 0) is 117 Å². The van der Waals surface area contributed by atoms with Crippen LogP contribution in [-0.4, -0.2) is 31.2 Å². The van der Waals surface area contributed by atoms with E-state index in [-0.39, 0.29) is 6.10 Å². The Hall–Kier alpha value is -0.120. The molecule has 0 aromatic heterocycles. The molecular formula is C24H40O3. The van der Waals surface area contributed by atoms with E-state index in [1.807, 2.05) is 0 Å². The zero-order chi connectivity index (χ0) is 18.6. The van der Waals surface area contributed by atoms with E-state index >= 15 is 0 Å². The number of rotatable bonds is 3. The molecule has 9 atom stereocenters. The third kappa shape index (κ3) is 2.86. The molecule has 0 heterocycles. The molecule has 0 radical (unpaired) electrons. The summed E-state index contributed by atoms with van der Waals surface area (Å²) in [5.41, 5.74) is 1.16. The highest BCUT2D eigenvalue weighted by molar-refractivity contribution is 5.11. The monoisotopic (exact) mass is 376 g/mol. The smallest absolute Gasteiger partial charge is 0.146 e. The first kappa shape index (κ1) is 18.9. The van der Waals surface area contributed by atoms with Crippen LogP contribution in [0.4, 0.5) is 0 Å². The average Bonchev–Trinajstić information content (AvgIpc) is 3.05. The summed E-state index contributed by atoms with van der Waals surface area (Å²) in [6, 6.07) is 0. The number of methoxy groups -OCH3 is 1. The Labute approximate surface area is 165 Å². The van der Waals surface area contributed by atoms with E-state index in [9.17, 15) is 5.11 Å². The van der Waals surface area contributed by atoms with Crippen LogP contribution in [-0.2, 0) is 9.47 Å². The maximum atomic E-state index is 10.2. The largest absolute Gasteiger partial charge is 0.393 e. The number of aliphatic hydroxyl groups is 1. The van der Waals surface area contributed by atoms with Crippen LogP contribution < -0.4 is 0 Å². The predicted molar refractivity (Wildman–Crippen MR) is 106 cm³/mol. The number of ether oxygens (including phenoxy) is 2. The van der Waals surface area contributed by atoms with Crippen LogP contribution in [0.5, 0.6) is 0 Å². The van der Waals surface area contributed by atoms with Crippen molar-refractivity contribution < 1.29 is 14.6 Å². The van der Waals surface area contributed by atoms with Gasteiger partial charge in [0.05, 0.1) is 12.2 Å². The molecule has 5 aliphatic rings. The maximum absolute atomic E-state index is 10.2. The number of aliphatic hydroxyl groups excluding tert-OH is 1. The Morgan fingerprint density at radius 3 is 2.52 bits per heavy atom. The SMILES string of the molecule is COCO[C@@H]1CC[C@@]2(C)[C@@H](CC[C@@H]3[C@@H]2CC[C@]24CCC(O)C[C@H]2CC[C@@H]34)C1. The van der Waals surface area contributed by atoms with Gasteiger partial charge in [0.2, 0.25) is 0 Å². The van der Waals surface area contributed by atoms with Crippen molar-refractivity contribution in [2.24, 2.45) is 40.4 Å². The predicted octanol–water partition coefficient (Wildman–Crippen LogP) is 5.16. The van der Waals surface area contributed by atoms with E-state index in [4.69, 9.17) is 9.47 Å². The molecular weight excluding hydrogens is 336 g/mol. The zero-order valence-electron chi connectivity index (χ0n) is 17.5. The molecule has 0 aromatic rings. The molecule has 0 amide bonds. The molecule has 3 nitrogen and oxygen atoms in total. The minimum Gasteiger partial charge on any atom is -0.393 e. The van der Waals surface area contributed by atoms with E-state index < -0.39 is 0 Å². The van der Waals surface area contributed by atoms with Crippen molar-refractivity contribution in [2.75, 3.05) is 13.9 Å². The van der Waals surface area contributed by atoms with Crippen LogP contribution in [0.15, 0.2) is 0 Å². The average molecular weight is 377 g/mol. The van der Waals surface area contributed by atoms with Gasteiger partial charge in [0, 0.05) is 7.11 Å². The van der Waals surface area contributed by atoms with Crippen molar-refractivity contribution in [1.29, 1.82) is 0 Å². The quantitative estimate of drug-likeness (QED) is 0.692. The lowest BCUT2D eigenvalue weighted by atomic mass is 9.43. The standard InChI is InChI=1S/C24H40O3/c1-23-10-8-19(27-15-26-2)14-16(23)3-5-20-21(23)9-12-24-11-7-18(25)13-17(24)4-6-22(20)24/h16-22,25H,3-15H2,1-2H3/t16-,17+,18?,19+,20+,21-,22-,23-,24+/m0/s1. The summed E-state index contributed by atoms with van der Waals surface area (Å²) >= 11 is 0. The molecule has 154 valence electrons. The summed E-state index contributed by atoms with van der Waals surface area (Å²) < 4.78 is 11.1. The van der Waals surface area contributed by atoms with E-state index in [0.29, 0.717) is 23.7 Å². The van der Waals surface area contributed by atoms with E-state index in [2.05, 4.69) is 6.92 Å². The maximum Gasteiger partial charge on any atom is 0.146 e. The topological polar surface area (TPSA) is 38.7 Å². The van der Waals surface area contributed by atoms with Crippen LogP contribution in [0.3, 0.4) is 0 Å². The lowest BCUT2D eigenvalue weighted by Gasteiger charge is -2.62. The van der Waals surface area contributed by atoms with Gasteiger partial charge >= 0.3 is 0 Å². The summed E-state index contributed by atoms with van der Waals surface area (Å²) in [4.78, 5) is 0. The Kier molecular flexibility index (Phi) is 4.89. The molecule has 27 heavy (non-hydrogen) atoms. The Bertz CT molecular complexity index is 550. The lowest BCUT2D eigenvalue weighted by molar-refractivity contribution is -0.160. The molecule has 0 aromatic carbocycles. The molecule has 3 heteroatoms. The normalized spacial score (nSPS) is 54.6. The van der Waals surface area contributed by atoms with Crippen LogP contribution in [0.1, 0.15) is 84.0 Å². The minimum absolute atomic E-state index is 0.00673. The third-order valence-electron chi connectivity index (χ3n) is 10.4. The minimum atomic E-state index is -0.00673. The van der Waals surface area contributed by atoms with Gasteiger partial charge in [-0.2, -0.15) is 0 Å². The molecule has 0 aliphatic heterocycles. The lowest BCUT2D eigenvalue weighted by Crippen LogP contribution is -2.55. The first-order valence-electron chi connectivity index (χ1n) is 11.9. The van der Waals surface area contributed by atoms with Crippen LogP contribution in [0.25, 0.3) is 0 Å². The summed E-state index contributed by atoms with van der Waals surface area (Å²) in [5, 5.41) is 10.2. The Morgan fingerprint density at radius 2 is 1.67 bits per heavy atom. The highest BCUT2D eigenvalue weighted by atomic mass is 16.7. The van der Waals surface area contributed by atoms with E-state index in [1.54, 1.807) is 7.11 Å². The first-order valence-corrected chi connectivity index (χ1v) is 11.9. The second-order valence-corrected chi connectivity index (χ2v) is 11.1. The Morgan fingerprint density at radius 1 is 0.852 bits per heavy atom. The molecule has 0 saturated heterocycles. The molecule has 1 spiro atoms. The van der Waals surface area contributed by atoms with Crippen LogP contribution in [0, 0.1) is 40.4 Å². The van der Waals surface area contributed by atoms with E-state index in [1.165, 1.54) is 64.2 Å². The second-order valence-electron chi connectivity index (χ2n) is 11.1. The third-order valence-corrected chi connectivity index (χ3v) is 10.4. The summed E-state index contributed by atoms with van der Waals surface area (Å²) in [6.45, 7) is 3.11. The molecule has 5 saturated carbocycles.